The van der Waals surface area contributed by atoms with Crippen LogP contribution < -0.4 is 5.32 Å². The molecule has 1 aromatic carbocycles. The van der Waals surface area contributed by atoms with E-state index in [2.05, 4.69) is 5.32 Å². The molecule has 17 heavy (non-hydrogen) atoms. The van der Waals surface area contributed by atoms with Gasteiger partial charge in [-0.2, -0.15) is 0 Å². The van der Waals surface area contributed by atoms with Crippen molar-refractivity contribution in [2.75, 3.05) is 0 Å². The Labute approximate surface area is 98.5 Å². The first-order valence-corrected chi connectivity index (χ1v) is 5.15. The molecule has 0 radical (unpaired) electrons. The van der Waals surface area contributed by atoms with E-state index < -0.39 is 17.9 Å². The van der Waals surface area contributed by atoms with E-state index in [1.54, 1.807) is 13.0 Å². The smallest absolute Gasteiger partial charge is 0.326 e. The number of halogens is 1. The molecule has 0 fully saturated rings. The number of carbonyl (C=O) groups excluding carboxylic acids is 1. The molecule has 1 unspecified atom stereocenters. The molecule has 4 nitrogen and oxygen atoms in total. The standard InChI is InChI=1S/C12H14FNO3/c1-7-5-9(3-4-10(7)13)6-11(12(16)17)14-8(2)15/h3-5,11H,6H2,1-2H3,(H,14,15)(H,16,17). The van der Waals surface area contributed by atoms with Gasteiger partial charge in [0.15, 0.2) is 0 Å². The van der Waals surface area contributed by atoms with E-state index in [0.29, 0.717) is 11.1 Å². The van der Waals surface area contributed by atoms with Gasteiger partial charge in [0, 0.05) is 13.3 Å². The minimum Gasteiger partial charge on any atom is -0.480 e. The summed E-state index contributed by atoms with van der Waals surface area (Å²) < 4.78 is 13.0. The molecule has 0 aliphatic heterocycles. The second kappa shape index (κ2) is 5.43. The zero-order valence-corrected chi connectivity index (χ0v) is 9.66. The summed E-state index contributed by atoms with van der Waals surface area (Å²) in [4.78, 5) is 21.7. The molecular weight excluding hydrogens is 225 g/mol. The Morgan fingerprint density at radius 1 is 1.47 bits per heavy atom. The lowest BCUT2D eigenvalue weighted by Gasteiger charge is -2.13. The second-order valence-electron chi connectivity index (χ2n) is 3.88. The summed E-state index contributed by atoms with van der Waals surface area (Å²) in [7, 11) is 0. The summed E-state index contributed by atoms with van der Waals surface area (Å²) in [5.74, 6) is -1.85. The zero-order valence-electron chi connectivity index (χ0n) is 9.66. The normalized spacial score (nSPS) is 11.9. The maximum absolute atomic E-state index is 13.0. The number of carbonyl (C=O) groups is 2. The van der Waals surface area contributed by atoms with Crippen LogP contribution in [-0.4, -0.2) is 23.0 Å². The topological polar surface area (TPSA) is 66.4 Å². The fourth-order valence-corrected chi connectivity index (χ4v) is 1.51. The molecule has 0 saturated heterocycles. The average molecular weight is 239 g/mol. The van der Waals surface area contributed by atoms with Crippen LogP contribution in [0, 0.1) is 12.7 Å². The summed E-state index contributed by atoms with van der Waals surface area (Å²) >= 11 is 0. The van der Waals surface area contributed by atoms with Gasteiger partial charge >= 0.3 is 5.97 Å². The molecule has 0 aliphatic rings. The van der Waals surface area contributed by atoms with Crippen LogP contribution in [0.5, 0.6) is 0 Å². The van der Waals surface area contributed by atoms with Crippen molar-refractivity contribution in [3.05, 3.63) is 35.1 Å². The highest BCUT2D eigenvalue weighted by Crippen LogP contribution is 2.11. The van der Waals surface area contributed by atoms with Crippen LogP contribution in [0.15, 0.2) is 18.2 Å². The van der Waals surface area contributed by atoms with Crippen molar-refractivity contribution in [1.82, 2.24) is 5.32 Å². The van der Waals surface area contributed by atoms with Gasteiger partial charge in [-0.25, -0.2) is 9.18 Å². The maximum atomic E-state index is 13.0. The minimum atomic E-state index is -1.11. The summed E-state index contributed by atoms with van der Waals surface area (Å²) in [5.41, 5.74) is 1.12. The van der Waals surface area contributed by atoms with E-state index >= 15 is 0 Å². The van der Waals surface area contributed by atoms with Gasteiger partial charge in [-0.15, -0.1) is 0 Å². The van der Waals surface area contributed by atoms with Gasteiger partial charge in [-0.1, -0.05) is 12.1 Å². The first-order chi connectivity index (χ1) is 7.90. The third kappa shape index (κ3) is 3.86. The number of nitrogens with one attached hydrogen (secondary N) is 1. The Kier molecular flexibility index (Phi) is 4.20. The number of aliphatic carboxylic acids is 1. The SMILES string of the molecule is CC(=O)NC(Cc1ccc(F)c(C)c1)C(=O)O. The molecule has 2 N–H and O–H groups in total. The molecule has 0 heterocycles. The monoisotopic (exact) mass is 239 g/mol. The fourth-order valence-electron chi connectivity index (χ4n) is 1.51. The van der Waals surface area contributed by atoms with Crippen LogP contribution >= 0.6 is 0 Å². The van der Waals surface area contributed by atoms with Crippen LogP contribution in [-0.2, 0) is 16.0 Å². The predicted octanol–water partition coefficient (Wildman–Crippen LogP) is 1.27. The number of carboxylic acids is 1. The molecule has 0 spiro atoms. The number of rotatable bonds is 4. The van der Waals surface area contributed by atoms with E-state index in [-0.39, 0.29) is 12.2 Å². The number of hydrogen-bond donors (Lipinski definition) is 2. The van der Waals surface area contributed by atoms with E-state index in [0.717, 1.165) is 0 Å². The molecular formula is C12H14FNO3. The lowest BCUT2D eigenvalue weighted by molar-refractivity contribution is -0.141. The van der Waals surface area contributed by atoms with Crippen LogP contribution in [0.2, 0.25) is 0 Å². The fraction of sp³-hybridized carbons (Fsp3) is 0.333. The van der Waals surface area contributed by atoms with Crippen molar-refractivity contribution in [3.8, 4) is 0 Å². The van der Waals surface area contributed by atoms with E-state index in [4.69, 9.17) is 5.11 Å². The molecule has 0 bridgehead atoms. The van der Waals surface area contributed by atoms with Gasteiger partial charge in [-0.05, 0) is 24.1 Å². The van der Waals surface area contributed by atoms with Crippen molar-refractivity contribution in [2.24, 2.45) is 0 Å². The summed E-state index contributed by atoms with van der Waals surface area (Å²) in [6.45, 7) is 2.86. The number of amides is 1. The van der Waals surface area contributed by atoms with Gasteiger partial charge in [0.1, 0.15) is 11.9 Å². The first-order valence-electron chi connectivity index (χ1n) is 5.15. The van der Waals surface area contributed by atoms with E-state index in [1.165, 1.54) is 19.1 Å². The highest BCUT2D eigenvalue weighted by Gasteiger charge is 2.18. The Hall–Kier alpha value is -1.91. The van der Waals surface area contributed by atoms with Gasteiger partial charge in [0.25, 0.3) is 0 Å². The molecule has 1 rings (SSSR count). The summed E-state index contributed by atoms with van der Waals surface area (Å²) in [6.07, 6.45) is 0.135. The number of benzene rings is 1. The molecule has 5 heteroatoms. The third-order valence-corrected chi connectivity index (χ3v) is 2.34. The molecule has 0 aromatic heterocycles. The number of hydrogen-bond acceptors (Lipinski definition) is 2. The lowest BCUT2D eigenvalue weighted by atomic mass is 10.0. The Morgan fingerprint density at radius 3 is 2.59 bits per heavy atom. The van der Waals surface area contributed by atoms with Crippen molar-refractivity contribution < 1.29 is 19.1 Å². The largest absolute Gasteiger partial charge is 0.480 e. The minimum absolute atomic E-state index is 0.135. The Balaban J connectivity index is 2.82. The molecule has 1 aromatic rings. The van der Waals surface area contributed by atoms with Gasteiger partial charge in [0.05, 0.1) is 0 Å². The van der Waals surface area contributed by atoms with Gasteiger partial charge in [-0.3, -0.25) is 4.79 Å². The van der Waals surface area contributed by atoms with Crippen molar-refractivity contribution in [3.63, 3.8) is 0 Å². The van der Waals surface area contributed by atoms with Crippen LogP contribution in [0.1, 0.15) is 18.1 Å². The highest BCUT2D eigenvalue weighted by atomic mass is 19.1. The summed E-state index contributed by atoms with van der Waals surface area (Å²) in [6, 6.07) is 3.39. The first kappa shape index (κ1) is 13.2. The van der Waals surface area contributed by atoms with Crippen LogP contribution in [0.25, 0.3) is 0 Å². The van der Waals surface area contributed by atoms with Crippen LogP contribution in [0.4, 0.5) is 4.39 Å². The van der Waals surface area contributed by atoms with Gasteiger partial charge < -0.3 is 10.4 Å². The van der Waals surface area contributed by atoms with Crippen LogP contribution in [0.3, 0.4) is 0 Å². The third-order valence-electron chi connectivity index (χ3n) is 2.34. The van der Waals surface area contributed by atoms with Gasteiger partial charge in [0.2, 0.25) is 5.91 Å². The molecule has 1 amide bonds. The summed E-state index contributed by atoms with van der Waals surface area (Å²) in [5, 5.41) is 11.2. The molecule has 0 saturated carbocycles. The van der Waals surface area contributed by atoms with Crippen molar-refractivity contribution >= 4 is 11.9 Å². The van der Waals surface area contributed by atoms with Crippen molar-refractivity contribution in [1.29, 1.82) is 0 Å². The van der Waals surface area contributed by atoms with E-state index in [1.807, 2.05) is 0 Å². The Bertz CT molecular complexity index is 445. The van der Waals surface area contributed by atoms with Crippen molar-refractivity contribution in [2.45, 2.75) is 26.3 Å². The molecule has 92 valence electrons. The number of carboxylic acid groups (broad SMARTS) is 1. The maximum Gasteiger partial charge on any atom is 0.326 e. The average Bonchev–Trinajstić information content (AvgIpc) is 2.21. The molecule has 1 atom stereocenters. The number of aryl methyl sites for hydroxylation is 1. The Morgan fingerprint density at radius 2 is 2.12 bits per heavy atom. The lowest BCUT2D eigenvalue weighted by Crippen LogP contribution is -2.41. The quantitative estimate of drug-likeness (QED) is 0.831. The highest BCUT2D eigenvalue weighted by molar-refractivity contribution is 5.82. The molecule has 0 aliphatic carbocycles. The predicted molar refractivity (Wildman–Crippen MR) is 60.1 cm³/mol. The second-order valence-corrected chi connectivity index (χ2v) is 3.88. The van der Waals surface area contributed by atoms with E-state index in [9.17, 15) is 14.0 Å². The zero-order chi connectivity index (χ0) is 13.0.